The molecule has 0 saturated heterocycles. The highest BCUT2D eigenvalue weighted by Gasteiger charge is 2.30. The van der Waals surface area contributed by atoms with Crippen molar-refractivity contribution in [3.63, 3.8) is 0 Å². The van der Waals surface area contributed by atoms with E-state index in [-0.39, 0.29) is 28.2 Å². The number of aryl methyl sites for hydroxylation is 1. The summed E-state index contributed by atoms with van der Waals surface area (Å²) in [6.07, 6.45) is 6.77. The first-order valence-corrected chi connectivity index (χ1v) is 9.91. The van der Waals surface area contributed by atoms with Gasteiger partial charge in [0.05, 0.1) is 10.9 Å². The van der Waals surface area contributed by atoms with Crippen molar-refractivity contribution in [1.82, 2.24) is 0 Å². The lowest BCUT2D eigenvalue weighted by atomic mass is 9.85. The summed E-state index contributed by atoms with van der Waals surface area (Å²) in [5, 5.41) is 22.4. The molecule has 1 unspecified atom stereocenters. The Morgan fingerprint density at radius 3 is 2.42 bits per heavy atom. The van der Waals surface area contributed by atoms with E-state index in [9.17, 15) is 19.8 Å². The zero-order valence-corrected chi connectivity index (χ0v) is 17.6. The van der Waals surface area contributed by atoms with E-state index < -0.39 is 17.3 Å². The van der Waals surface area contributed by atoms with Gasteiger partial charge in [0.2, 0.25) is 0 Å². The Bertz CT molecular complexity index is 1270. The molecule has 0 bridgehead atoms. The Kier molecular flexibility index (Phi) is 6.55. The Labute approximate surface area is 180 Å². The van der Waals surface area contributed by atoms with Crippen molar-refractivity contribution in [1.29, 1.82) is 0 Å². The minimum Gasteiger partial charge on any atom is -0.507 e. The van der Waals surface area contributed by atoms with E-state index in [1.807, 2.05) is 26.0 Å². The number of aromatic hydroxyl groups is 1. The Morgan fingerprint density at radius 1 is 1.06 bits per heavy atom. The maximum atomic E-state index is 12.9. The minimum atomic E-state index is -1.02. The van der Waals surface area contributed by atoms with E-state index in [2.05, 4.69) is 0 Å². The second-order valence-corrected chi connectivity index (χ2v) is 7.17. The fourth-order valence-electron chi connectivity index (χ4n) is 3.56. The van der Waals surface area contributed by atoms with Crippen molar-refractivity contribution in [2.75, 3.05) is 0 Å². The van der Waals surface area contributed by atoms with E-state index >= 15 is 0 Å². The van der Waals surface area contributed by atoms with Crippen LogP contribution in [0.2, 0.25) is 0 Å². The fraction of sp³-hybridized carbons (Fsp3) is 0.154. The zero-order chi connectivity index (χ0) is 22.5. The Morgan fingerprint density at radius 2 is 1.74 bits per heavy atom. The SMILES string of the molecule is C/C=C/C=C/C(/C(C(C)=O)=C(\O)c1ccccc1C)c1c(O)c2ccccc2oc1=O. The van der Waals surface area contributed by atoms with Crippen LogP contribution in [0.15, 0.2) is 87.6 Å². The first-order chi connectivity index (χ1) is 14.9. The van der Waals surface area contributed by atoms with E-state index in [1.165, 1.54) is 6.92 Å². The number of hydrogen-bond acceptors (Lipinski definition) is 5. The number of rotatable bonds is 6. The van der Waals surface area contributed by atoms with Crippen molar-refractivity contribution in [2.24, 2.45) is 0 Å². The molecule has 1 atom stereocenters. The van der Waals surface area contributed by atoms with Crippen LogP contribution in [0.3, 0.4) is 0 Å². The van der Waals surface area contributed by atoms with Crippen LogP contribution in [0.25, 0.3) is 16.7 Å². The minimum absolute atomic E-state index is 0.00654. The van der Waals surface area contributed by atoms with Gasteiger partial charge in [-0.05, 0) is 38.5 Å². The summed E-state index contributed by atoms with van der Waals surface area (Å²) in [4.78, 5) is 25.6. The van der Waals surface area contributed by atoms with Gasteiger partial charge in [0, 0.05) is 17.1 Å². The molecular weight excluding hydrogens is 392 g/mol. The van der Waals surface area contributed by atoms with Crippen LogP contribution in [-0.4, -0.2) is 16.0 Å². The van der Waals surface area contributed by atoms with Crippen molar-refractivity contribution in [3.8, 4) is 5.75 Å². The molecule has 2 N–H and O–H groups in total. The zero-order valence-electron chi connectivity index (χ0n) is 17.6. The molecule has 0 aliphatic rings. The number of aliphatic hydroxyl groups is 1. The van der Waals surface area contributed by atoms with Crippen molar-refractivity contribution in [3.05, 3.63) is 106 Å². The second kappa shape index (κ2) is 9.30. The van der Waals surface area contributed by atoms with E-state index in [4.69, 9.17) is 4.42 Å². The molecule has 3 rings (SSSR count). The summed E-state index contributed by atoms with van der Waals surface area (Å²) in [6.45, 7) is 4.96. The van der Waals surface area contributed by atoms with Crippen LogP contribution in [0.5, 0.6) is 5.75 Å². The molecule has 5 nitrogen and oxygen atoms in total. The molecule has 1 aromatic heterocycles. The van der Waals surface area contributed by atoms with Gasteiger partial charge in [0.1, 0.15) is 17.1 Å². The van der Waals surface area contributed by atoms with Crippen molar-refractivity contribution in [2.45, 2.75) is 26.7 Å². The summed E-state index contributed by atoms with van der Waals surface area (Å²) >= 11 is 0. The highest BCUT2D eigenvalue weighted by atomic mass is 16.4. The first kappa shape index (κ1) is 21.8. The molecule has 0 saturated carbocycles. The molecule has 0 radical (unpaired) electrons. The number of carbonyl (C=O) groups is 1. The van der Waals surface area contributed by atoms with Gasteiger partial charge in [-0.15, -0.1) is 0 Å². The van der Waals surface area contributed by atoms with Crippen LogP contribution in [-0.2, 0) is 4.79 Å². The van der Waals surface area contributed by atoms with Gasteiger partial charge in [-0.25, -0.2) is 4.79 Å². The lowest BCUT2D eigenvalue weighted by molar-refractivity contribution is -0.113. The number of hydrogen-bond donors (Lipinski definition) is 2. The lowest BCUT2D eigenvalue weighted by Crippen LogP contribution is -2.18. The third-order valence-electron chi connectivity index (χ3n) is 5.08. The van der Waals surface area contributed by atoms with Crippen LogP contribution in [0, 0.1) is 6.92 Å². The molecule has 0 fully saturated rings. The molecule has 3 aromatic rings. The number of ketones is 1. The van der Waals surface area contributed by atoms with Crippen molar-refractivity contribution < 1.29 is 19.4 Å². The van der Waals surface area contributed by atoms with Crippen LogP contribution in [0.1, 0.15) is 36.5 Å². The summed E-state index contributed by atoms with van der Waals surface area (Å²) in [7, 11) is 0. The lowest BCUT2D eigenvalue weighted by Gasteiger charge is -2.19. The Balaban J connectivity index is 2.37. The highest BCUT2D eigenvalue weighted by Crippen LogP contribution is 2.38. The predicted molar refractivity (Wildman–Crippen MR) is 122 cm³/mol. The molecule has 0 amide bonds. The number of allylic oxidation sites excluding steroid dienone is 5. The van der Waals surface area contributed by atoms with Gasteiger partial charge in [0.15, 0.2) is 5.78 Å². The fourth-order valence-corrected chi connectivity index (χ4v) is 3.56. The third kappa shape index (κ3) is 4.36. The molecule has 158 valence electrons. The third-order valence-corrected chi connectivity index (χ3v) is 5.08. The maximum absolute atomic E-state index is 12.9. The molecule has 0 aliphatic heterocycles. The molecular formula is C26H24O5. The summed E-state index contributed by atoms with van der Waals surface area (Å²) in [5.74, 6) is -1.97. The van der Waals surface area contributed by atoms with Crippen molar-refractivity contribution >= 4 is 22.5 Å². The van der Waals surface area contributed by atoms with E-state index in [0.717, 1.165) is 5.56 Å². The topological polar surface area (TPSA) is 87.7 Å². The number of carbonyl (C=O) groups excluding carboxylic acids is 1. The highest BCUT2D eigenvalue weighted by molar-refractivity contribution is 6.02. The number of aliphatic hydroxyl groups excluding tert-OH is 1. The standard InChI is InChI=1S/C26H24O5/c1-4-5-6-14-20(22(17(3)27)24(28)18-12-8-7-11-16(18)2)23-25(29)19-13-9-10-15-21(19)31-26(23)30/h4-15,20,28-29H,1-3H3/b5-4+,14-6+,24-22-. The van der Waals surface area contributed by atoms with Gasteiger partial charge < -0.3 is 14.6 Å². The summed E-state index contributed by atoms with van der Waals surface area (Å²) in [6, 6.07) is 13.7. The normalized spacial score (nSPS) is 13.6. The number of para-hydroxylation sites is 1. The average Bonchev–Trinajstić information content (AvgIpc) is 2.73. The number of fused-ring (bicyclic) bond motifs is 1. The van der Waals surface area contributed by atoms with Gasteiger partial charge >= 0.3 is 5.63 Å². The molecule has 2 aromatic carbocycles. The quantitative estimate of drug-likeness (QED) is 0.237. The largest absolute Gasteiger partial charge is 0.507 e. The molecule has 1 heterocycles. The molecule has 31 heavy (non-hydrogen) atoms. The van der Waals surface area contributed by atoms with Crippen LogP contribution >= 0.6 is 0 Å². The van der Waals surface area contributed by atoms with E-state index in [1.54, 1.807) is 60.7 Å². The van der Waals surface area contributed by atoms with Crippen LogP contribution < -0.4 is 5.63 Å². The van der Waals surface area contributed by atoms with Gasteiger partial charge in [0.25, 0.3) is 0 Å². The molecule has 5 heteroatoms. The number of benzene rings is 2. The maximum Gasteiger partial charge on any atom is 0.344 e. The van der Waals surface area contributed by atoms with Gasteiger partial charge in [-0.3, -0.25) is 4.79 Å². The molecule has 0 aliphatic carbocycles. The second-order valence-electron chi connectivity index (χ2n) is 7.17. The van der Waals surface area contributed by atoms with Gasteiger partial charge in [-0.1, -0.05) is 60.7 Å². The average molecular weight is 416 g/mol. The smallest absolute Gasteiger partial charge is 0.344 e. The molecule has 0 spiro atoms. The first-order valence-electron chi connectivity index (χ1n) is 9.91. The monoisotopic (exact) mass is 416 g/mol. The number of Topliss-reactive ketones (excluding diaryl/α,β-unsaturated/α-hetero) is 1. The van der Waals surface area contributed by atoms with Gasteiger partial charge in [-0.2, -0.15) is 0 Å². The summed E-state index contributed by atoms with van der Waals surface area (Å²) < 4.78 is 5.42. The Hall–Kier alpha value is -3.86. The van der Waals surface area contributed by atoms with Crippen LogP contribution in [0.4, 0.5) is 0 Å². The van der Waals surface area contributed by atoms with E-state index in [0.29, 0.717) is 10.9 Å². The predicted octanol–water partition coefficient (Wildman–Crippen LogP) is 5.58. The summed E-state index contributed by atoms with van der Waals surface area (Å²) in [5.41, 5.74) is 0.591.